The summed E-state index contributed by atoms with van der Waals surface area (Å²) < 4.78 is 0. The molecule has 8 heteroatoms. The van der Waals surface area contributed by atoms with Gasteiger partial charge in [-0.15, -0.1) is 0 Å². The number of benzene rings is 2. The summed E-state index contributed by atoms with van der Waals surface area (Å²) in [6.45, 7) is 1.23. The average molecular weight is 346 g/mol. The van der Waals surface area contributed by atoms with Crippen LogP contribution >= 0.6 is 11.6 Å². The second-order valence-corrected chi connectivity index (χ2v) is 5.31. The van der Waals surface area contributed by atoms with Crippen LogP contribution in [0.15, 0.2) is 58.8 Å². The lowest BCUT2D eigenvalue weighted by Gasteiger charge is -2.06. The molecule has 24 heavy (non-hydrogen) atoms. The number of nitrogens with zero attached hydrogens (tertiary/aromatic N) is 3. The van der Waals surface area contributed by atoms with Crippen LogP contribution in [0.3, 0.4) is 0 Å². The van der Waals surface area contributed by atoms with E-state index in [4.69, 9.17) is 11.6 Å². The molecule has 0 saturated carbocycles. The van der Waals surface area contributed by atoms with Gasteiger partial charge in [0.15, 0.2) is 17.6 Å². The van der Waals surface area contributed by atoms with E-state index >= 15 is 0 Å². The lowest BCUT2D eigenvalue weighted by molar-refractivity contribution is -0.384. The highest BCUT2D eigenvalue weighted by molar-refractivity contribution is 6.30. The number of azo groups is 1. The van der Waals surface area contributed by atoms with Gasteiger partial charge in [-0.05, 0) is 43.3 Å². The summed E-state index contributed by atoms with van der Waals surface area (Å²) in [7, 11) is 0. The van der Waals surface area contributed by atoms with E-state index in [1.165, 1.54) is 31.2 Å². The lowest BCUT2D eigenvalue weighted by atomic mass is 10.0. The summed E-state index contributed by atoms with van der Waals surface area (Å²) in [5, 5.41) is 18.8. The summed E-state index contributed by atoms with van der Waals surface area (Å²) in [6, 6.07) is 10.1. The molecule has 122 valence electrons. The monoisotopic (exact) mass is 345 g/mol. The Balaban J connectivity index is 2.23. The minimum Gasteiger partial charge on any atom is -0.297 e. The first-order valence-electron chi connectivity index (χ1n) is 6.84. The zero-order chi connectivity index (χ0) is 17.7. The summed E-state index contributed by atoms with van der Waals surface area (Å²) >= 11 is 5.76. The first-order chi connectivity index (χ1) is 11.4. The minimum atomic E-state index is -1.30. The maximum atomic E-state index is 12.4. The number of nitro benzene ring substituents is 1. The van der Waals surface area contributed by atoms with E-state index in [0.29, 0.717) is 10.7 Å². The van der Waals surface area contributed by atoms with Crippen LogP contribution in [-0.2, 0) is 4.79 Å². The van der Waals surface area contributed by atoms with Gasteiger partial charge in [-0.2, -0.15) is 10.2 Å². The van der Waals surface area contributed by atoms with Crippen molar-refractivity contribution in [1.82, 2.24) is 0 Å². The largest absolute Gasteiger partial charge is 0.297 e. The van der Waals surface area contributed by atoms with Gasteiger partial charge in [-0.25, -0.2) is 0 Å². The third-order valence-corrected chi connectivity index (χ3v) is 3.36. The van der Waals surface area contributed by atoms with Crippen molar-refractivity contribution in [3.05, 3.63) is 69.2 Å². The fraction of sp³-hybridized carbons (Fsp3) is 0.125. The second-order valence-electron chi connectivity index (χ2n) is 4.87. The fourth-order valence-electron chi connectivity index (χ4n) is 1.86. The van der Waals surface area contributed by atoms with Crippen molar-refractivity contribution >= 4 is 34.5 Å². The zero-order valence-corrected chi connectivity index (χ0v) is 13.3. The van der Waals surface area contributed by atoms with Gasteiger partial charge in [0.1, 0.15) is 0 Å². The molecule has 0 aliphatic carbocycles. The number of halogens is 1. The van der Waals surface area contributed by atoms with Gasteiger partial charge in [-0.3, -0.25) is 19.7 Å². The van der Waals surface area contributed by atoms with Crippen molar-refractivity contribution in [3.63, 3.8) is 0 Å². The highest BCUT2D eigenvalue weighted by atomic mass is 35.5. The van der Waals surface area contributed by atoms with E-state index in [9.17, 15) is 19.7 Å². The number of hydrogen-bond donors (Lipinski definition) is 0. The van der Waals surface area contributed by atoms with Gasteiger partial charge in [0, 0.05) is 22.7 Å². The second kappa shape index (κ2) is 7.56. The number of carbonyl (C=O) groups is 2. The quantitative estimate of drug-likeness (QED) is 0.257. The van der Waals surface area contributed by atoms with Crippen LogP contribution in [0.25, 0.3) is 0 Å². The van der Waals surface area contributed by atoms with E-state index in [1.807, 2.05) is 0 Å². The molecule has 0 saturated heterocycles. The highest BCUT2D eigenvalue weighted by Gasteiger charge is 2.24. The van der Waals surface area contributed by atoms with E-state index in [1.54, 1.807) is 24.3 Å². The third-order valence-electron chi connectivity index (χ3n) is 3.11. The molecule has 0 fully saturated rings. The first-order valence-corrected chi connectivity index (χ1v) is 7.22. The SMILES string of the molecule is CC(=O)C(N=Nc1ccc(Cl)cc1)C(=O)c1ccc([N+](=O)[O-])cc1. The van der Waals surface area contributed by atoms with Gasteiger partial charge in [0.25, 0.3) is 5.69 Å². The van der Waals surface area contributed by atoms with Crippen LogP contribution in [0.4, 0.5) is 11.4 Å². The summed E-state index contributed by atoms with van der Waals surface area (Å²) in [4.78, 5) is 34.1. The smallest absolute Gasteiger partial charge is 0.269 e. The number of rotatable bonds is 6. The van der Waals surface area contributed by atoms with E-state index in [-0.39, 0.29) is 11.3 Å². The number of hydrogen-bond acceptors (Lipinski definition) is 6. The lowest BCUT2D eigenvalue weighted by Crippen LogP contribution is -2.26. The Bertz CT molecular complexity index is 801. The van der Waals surface area contributed by atoms with Gasteiger partial charge < -0.3 is 0 Å². The zero-order valence-electron chi connectivity index (χ0n) is 12.5. The van der Waals surface area contributed by atoms with Crippen molar-refractivity contribution in [2.45, 2.75) is 13.0 Å². The van der Waals surface area contributed by atoms with E-state index in [2.05, 4.69) is 10.2 Å². The van der Waals surface area contributed by atoms with Crippen molar-refractivity contribution < 1.29 is 14.5 Å². The summed E-state index contributed by atoms with van der Waals surface area (Å²) in [5.41, 5.74) is 0.451. The van der Waals surface area contributed by atoms with Crippen LogP contribution in [0.2, 0.25) is 5.02 Å². The van der Waals surface area contributed by atoms with Gasteiger partial charge in [-0.1, -0.05) is 11.6 Å². The van der Waals surface area contributed by atoms with E-state index in [0.717, 1.165) is 0 Å². The van der Waals surface area contributed by atoms with Crippen LogP contribution in [0.5, 0.6) is 0 Å². The Labute approximate surface area is 142 Å². The molecule has 0 bridgehead atoms. The Morgan fingerprint density at radius 2 is 1.67 bits per heavy atom. The molecule has 7 nitrogen and oxygen atoms in total. The summed E-state index contributed by atoms with van der Waals surface area (Å²) in [5.74, 6) is -1.05. The van der Waals surface area contributed by atoms with Crippen molar-refractivity contribution in [2.24, 2.45) is 10.2 Å². The maximum absolute atomic E-state index is 12.4. The minimum absolute atomic E-state index is 0.145. The molecule has 2 aromatic rings. The standard InChI is InChI=1S/C16H12ClN3O4/c1-10(21)15(19-18-13-6-4-12(17)5-7-13)16(22)11-2-8-14(9-3-11)20(23)24/h2-9,15H,1H3. The molecule has 0 N–H and O–H groups in total. The average Bonchev–Trinajstić information content (AvgIpc) is 2.56. The molecule has 0 amide bonds. The fourth-order valence-corrected chi connectivity index (χ4v) is 1.98. The molecule has 0 aliphatic rings. The van der Waals surface area contributed by atoms with Crippen LogP contribution in [-0.4, -0.2) is 22.5 Å². The van der Waals surface area contributed by atoms with Gasteiger partial charge in [0.05, 0.1) is 10.6 Å². The molecule has 1 atom stereocenters. The van der Waals surface area contributed by atoms with Crippen molar-refractivity contribution in [1.29, 1.82) is 0 Å². The normalized spacial score (nSPS) is 12.1. The molecule has 0 heterocycles. The molecule has 0 radical (unpaired) electrons. The van der Waals surface area contributed by atoms with Gasteiger partial charge >= 0.3 is 0 Å². The predicted molar refractivity (Wildman–Crippen MR) is 87.9 cm³/mol. The third kappa shape index (κ3) is 4.30. The molecule has 1 unspecified atom stereocenters. The number of ketones is 2. The molecule has 2 aromatic carbocycles. The Morgan fingerprint density at radius 1 is 1.08 bits per heavy atom. The molecule has 0 aliphatic heterocycles. The van der Waals surface area contributed by atoms with Crippen LogP contribution in [0, 0.1) is 10.1 Å². The maximum Gasteiger partial charge on any atom is 0.269 e. The molecular weight excluding hydrogens is 334 g/mol. The topological polar surface area (TPSA) is 102 Å². The molecule has 0 aromatic heterocycles. The number of carbonyl (C=O) groups excluding carboxylic acids is 2. The summed E-state index contributed by atoms with van der Waals surface area (Å²) in [6.07, 6.45) is 0. The van der Waals surface area contributed by atoms with Crippen LogP contribution < -0.4 is 0 Å². The Kier molecular flexibility index (Phi) is 5.49. The Hall–Kier alpha value is -2.93. The first kappa shape index (κ1) is 17.4. The molecule has 0 spiro atoms. The number of nitro groups is 1. The van der Waals surface area contributed by atoms with Crippen LogP contribution in [0.1, 0.15) is 17.3 Å². The molecular formula is C16H12ClN3O4. The van der Waals surface area contributed by atoms with E-state index < -0.39 is 22.5 Å². The number of non-ortho nitro benzene ring substituents is 1. The predicted octanol–water partition coefficient (Wildman–Crippen LogP) is 4.17. The number of Topliss-reactive ketones (excluding diaryl/α,β-unsaturated/α-hetero) is 2. The Morgan fingerprint density at radius 3 is 2.17 bits per heavy atom. The van der Waals surface area contributed by atoms with Crippen molar-refractivity contribution in [2.75, 3.05) is 0 Å². The van der Waals surface area contributed by atoms with Crippen molar-refractivity contribution in [3.8, 4) is 0 Å². The van der Waals surface area contributed by atoms with Gasteiger partial charge in [0.2, 0.25) is 0 Å². The molecule has 2 rings (SSSR count). The highest BCUT2D eigenvalue weighted by Crippen LogP contribution is 2.19.